The third kappa shape index (κ3) is 7.70. The van der Waals surface area contributed by atoms with Gasteiger partial charge in [0.2, 0.25) is 0 Å². The van der Waals surface area contributed by atoms with Crippen molar-refractivity contribution in [3.63, 3.8) is 0 Å². The lowest BCUT2D eigenvalue weighted by Crippen LogP contribution is -2.38. The summed E-state index contributed by atoms with van der Waals surface area (Å²) in [6.07, 6.45) is 4.20. The Balaban J connectivity index is 0.00000341. The molecule has 0 fully saturated rings. The van der Waals surface area contributed by atoms with Gasteiger partial charge in [-0.3, -0.25) is 4.99 Å². The summed E-state index contributed by atoms with van der Waals surface area (Å²) in [6, 6.07) is 13.5. The molecule has 0 saturated heterocycles. The summed E-state index contributed by atoms with van der Waals surface area (Å²) in [4.78, 5) is 9.14. The van der Waals surface area contributed by atoms with Gasteiger partial charge in [-0.2, -0.15) is 0 Å². The Bertz CT molecular complexity index is 940. The molecule has 3 N–H and O–H groups in total. The standard InChI is InChI=1S/C23H31N5O2.HI/c1-4-24-23(25-12-11-19-16-28-13-6-5-10-22(28)27-19)26-15-21(29)18-8-7-9-20(14-18)30-17(2)3;/h5-10,13-14,16-17,21,29H,4,11-12,15H2,1-3H3,(H2,24,25,26);1H. The number of rotatable bonds is 9. The fraction of sp³-hybridized carbons (Fsp3) is 0.391. The van der Waals surface area contributed by atoms with Crippen LogP contribution in [-0.4, -0.2) is 46.2 Å². The van der Waals surface area contributed by atoms with Crippen molar-refractivity contribution >= 4 is 35.6 Å². The molecular formula is C23H32IN5O2. The second kappa shape index (κ2) is 12.5. The highest BCUT2D eigenvalue weighted by molar-refractivity contribution is 14.0. The van der Waals surface area contributed by atoms with Crippen LogP contribution in [0.3, 0.4) is 0 Å². The average Bonchev–Trinajstić information content (AvgIpc) is 3.14. The van der Waals surface area contributed by atoms with Crippen LogP contribution in [0.2, 0.25) is 0 Å². The number of hydrogen-bond donors (Lipinski definition) is 3. The van der Waals surface area contributed by atoms with E-state index in [9.17, 15) is 5.11 Å². The molecule has 0 radical (unpaired) electrons. The van der Waals surface area contributed by atoms with Crippen LogP contribution >= 0.6 is 24.0 Å². The molecule has 0 bridgehead atoms. The topological polar surface area (TPSA) is 83.2 Å². The summed E-state index contributed by atoms with van der Waals surface area (Å²) in [5, 5.41) is 17.1. The van der Waals surface area contributed by atoms with Crippen molar-refractivity contribution in [3.8, 4) is 5.75 Å². The average molecular weight is 537 g/mol. The number of imidazole rings is 1. The fourth-order valence-corrected chi connectivity index (χ4v) is 3.11. The molecule has 8 heteroatoms. The minimum atomic E-state index is -0.699. The number of pyridine rings is 1. The number of benzene rings is 1. The lowest BCUT2D eigenvalue weighted by atomic mass is 10.1. The van der Waals surface area contributed by atoms with Gasteiger partial charge >= 0.3 is 0 Å². The maximum Gasteiger partial charge on any atom is 0.191 e. The molecule has 0 spiro atoms. The van der Waals surface area contributed by atoms with Crippen molar-refractivity contribution in [3.05, 3.63) is 66.1 Å². The van der Waals surface area contributed by atoms with Gasteiger partial charge in [0.25, 0.3) is 0 Å². The number of halogens is 1. The highest BCUT2D eigenvalue weighted by atomic mass is 127. The zero-order valence-electron chi connectivity index (χ0n) is 18.3. The summed E-state index contributed by atoms with van der Waals surface area (Å²) in [5.41, 5.74) is 2.75. The molecular weight excluding hydrogens is 505 g/mol. The largest absolute Gasteiger partial charge is 0.491 e. The van der Waals surface area contributed by atoms with Crippen LogP contribution in [0, 0.1) is 0 Å². The van der Waals surface area contributed by atoms with Crippen LogP contribution < -0.4 is 15.4 Å². The Hall–Kier alpha value is -2.33. The normalized spacial score (nSPS) is 12.5. The van der Waals surface area contributed by atoms with E-state index in [1.807, 2.05) is 80.0 Å². The van der Waals surface area contributed by atoms with Gasteiger partial charge in [0.1, 0.15) is 11.4 Å². The summed E-state index contributed by atoms with van der Waals surface area (Å²) in [7, 11) is 0. The van der Waals surface area contributed by atoms with E-state index < -0.39 is 6.10 Å². The molecule has 168 valence electrons. The number of fused-ring (bicyclic) bond motifs is 1. The maximum absolute atomic E-state index is 10.5. The zero-order valence-corrected chi connectivity index (χ0v) is 20.6. The van der Waals surface area contributed by atoms with Gasteiger partial charge in [-0.15, -0.1) is 24.0 Å². The molecule has 0 amide bonds. The van der Waals surface area contributed by atoms with E-state index in [2.05, 4.69) is 20.6 Å². The molecule has 1 atom stereocenters. The van der Waals surface area contributed by atoms with Crippen molar-refractivity contribution in [2.75, 3.05) is 19.6 Å². The Morgan fingerprint density at radius 1 is 1.19 bits per heavy atom. The highest BCUT2D eigenvalue weighted by Gasteiger charge is 2.10. The minimum Gasteiger partial charge on any atom is -0.491 e. The van der Waals surface area contributed by atoms with Crippen molar-refractivity contribution in [1.29, 1.82) is 0 Å². The number of guanidine groups is 1. The molecule has 31 heavy (non-hydrogen) atoms. The Morgan fingerprint density at radius 3 is 2.77 bits per heavy atom. The molecule has 2 aromatic heterocycles. The number of ether oxygens (including phenoxy) is 1. The lowest BCUT2D eigenvalue weighted by molar-refractivity contribution is 0.185. The van der Waals surface area contributed by atoms with E-state index >= 15 is 0 Å². The van der Waals surface area contributed by atoms with E-state index in [4.69, 9.17) is 4.74 Å². The van der Waals surface area contributed by atoms with Gasteiger partial charge in [-0.05, 0) is 50.6 Å². The lowest BCUT2D eigenvalue weighted by Gasteiger charge is -2.15. The first-order chi connectivity index (χ1) is 14.5. The van der Waals surface area contributed by atoms with E-state index in [-0.39, 0.29) is 36.6 Å². The summed E-state index contributed by atoms with van der Waals surface area (Å²) >= 11 is 0. The van der Waals surface area contributed by atoms with Gasteiger partial charge < -0.3 is 24.9 Å². The molecule has 1 aromatic carbocycles. The van der Waals surface area contributed by atoms with E-state index in [0.717, 1.165) is 35.6 Å². The third-order valence-electron chi connectivity index (χ3n) is 4.47. The van der Waals surface area contributed by atoms with Gasteiger partial charge in [0.15, 0.2) is 5.96 Å². The Labute approximate surface area is 201 Å². The molecule has 2 heterocycles. The highest BCUT2D eigenvalue weighted by Crippen LogP contribution is 2.20. The molecule has 0 saturated carbocycles. The first-order valence-electron chi connectivity index (χ1n) is 10.4. The van der Waals surface area contributed by atoms with Gasteiger partial charge in [-0.1, -0.05) is 18.2 Å². The third-order valence-corrected chi connectivity index (χ3v) is 4.47. The number of nitrogens with zero attached hydrogens (tertiary/aromatic N) is 3. The van der Waals surface area contributed by atoms with Crippen LogP contribution in [0.5, 0.6) is 5.75 Å². The van der Waals surface area contributed by atoms with Gasteiger partial charge in [-0.25, -0.2) is 4.98 Å². The predicted molar refractivity (Wildman–Crippen MR) is 135 cm³/mol. The number of aliphatic hydroxyl groups is 1. The van der Waals surface area contributed by atoms with Crippen LogP contribution in [0.1, 0.15) is 38.1 Å². The van der Waals surface area contributed by atoms with Crippen LogP contribution in [0.15, 0.2) is 59.9 Å². The van der Waals surface area contributed by atoms with Crippen LogP contribution in [0.4, 0.5) is 0 Å². The first kappa shape index (κ1) is 24.9. The summed E-state index contributed by atoms with van der Waals surface area (Å²) < 4.78 is 7.72. The number of hydrogen-bond acceptors (Lipinski definition) is 4. The van der Waals surface area contributed by atoms with Crippen LogP contribution in [0.25, 0.3) is 5.65 Å². The fourth-order valence-electron chi connectivity index (χ4n) is 3.11. The Kier molecular flexibility index (Phi) is 10.1. The SMILES string of the molecule is CCNC(=NCC(O)c1cccc(OC(C)C)c1)NCCc1cn2ccccc2n1.I. The summed E-state index contributed by atoms with van der Waals surface area (Å²) in [5.74, 6) is 1.43. The number of nitrogens with one attached hydrogen (secondary N) is 2. The van der Waals surface area contributed by atoms with Gasteiger partial charge in [0.05, 0.1) is 24.4 Å². The molecule has 0 aliphatic rings. The molecule has 3 aromatic rings. The molecule has 0 aliphatic heterocycles. The minimum absolute atomic E-state index is 0. The van der Waals surface area contributed by atoms with Crippen molar-refractivity contribution in [2.45, 2.75) is 39.4 Å². The van der Waals surface area contributed by atoms with E-state index in [0.29, 0.717) is 12.5 Å². The van der Waals surface area contributed by atoms with Gasteiger partial charge in [0, 0.05) is 31.9 Å². The number of aromatic nitrogens is 2. The molecule has 7 nitrogen and oxygen atoms in total. The summed E-state index contributed by atoms with van der Waals surface area (Å²) in [6.45, 7) is 7.68. The second-order valence-electron chi connectivity index (χ2n) is 7.35. The van der Waals surface area contributed by atoms with Crippen molar-refractivity contribution in [1.82, 2.24) is 20.0 Å². The van der Waals surface area contributed by atoms with E-state index in [1.165, 1.54) is 0 Å². The van der Waals surface area contributed by atoms with E-state index in [1.54, 1.807) is 0 Å². The maximum atomic E-state index is 10.5. The smallest absolute Gasteiger partial charge is 0.191 e. The van der Waals surface area contributed by atoms with Crippen molar-refractivity contribution < 1.29 is 9.84 Å². The Morgan fingerprint density at radius 2 is 2.03 bits per heavy atom. The molecule has 1 unspecified atom stereocenters. The quantitative estimate of drug-likeness (QED) is 0.221. The number of aliphatic imine (C=N–C) groups is 1. The molecule has 0 aliphatic carbocycles. The monoisotopic (exact) mass is 537 g/mol. The zero-order chi connectivity index (χ0) is 21.3. The number of aliphatic hydroxyl groups excluding tert-OH is 1. The van der Waals surface area contributed by atoms with Crippen molar-refractivity contribution in [2.24, 2.45) is 4.99 Å². The first-order valence-corrected chi connectivity index (χ1v) is 10.4. The molecule has 3 rings (SSSR count). The van der Waals surface area contributed by atoms with Crippen LogP contribution in [-0.2, 0) is 6.42 Å². The second-order valence-corrected chi connectivity index (χ2v) is 7.35. The predicted octanol–water partition coefficient (Wildman–Crippen LogP) is 3.57.